The lowest BCUT2D eigenvalue weighted by Gasteiger charge is -2.33. The minimum Gasteiger partial charge on any atom is -0.390 e. The van der Waals surface area contributed by atoms with Crippen molar-refractivity contribution in [3.05, 3.63) is 33.8 Å². The summed E-state index contributed by atoms with van der Waals surface area (Å²) < 4.78 is 5.39. The molecule has 102 valence electrons. The van der Waals surface area contributed by atoms with Crippen molar-refractivity contribution < 1.29 is 9.84 Å². The van der Waals surface area contributed by atoms with Crippen molar-refractivity contribution in [2.75, 3.05) is 7.11 Å². The van der Waals surface area contributed by atoms with E-state index in [9.17, 15) is 5.11 Å². The minimum absolute atomic E-state index is 0.121. The number of methoxy groups -OCH3 is 1. The van der Waals surface area contributed by atoms with Gasteiger partial charge in [0, 0.05) is 13.5 Å². The number of benzene rings is 1. The van der Waals surface area contributed by atoms with E-state index in [1.807, 2.05) is 26.8 Å². The molecule has 2 nitrogen and oxygen atoms in total. The van der Waals surface area contributed by atoms with E-state index in [1.54, 1.807) is 19.2 Å². The lowest BCUT2D eigenvalue weighted by atomic mass is 9.84. The van der Waals surface area contributed by atoms with Crippen molar-refractivity contribution in [2.24, 2.45) is 5.41 Å². The maximum Gasteiger partial charge on any atom is 0.0881 e. The van der Waals surface area contributed by atoms with Crippen LogP contribution in [0.3, 0.4) is 0 Å². The van der Waals surface area contributed by atoms with Crippen molar-refractivity contribution >= 4 is 23.2 Å². The first-order valence-electron chi connectivity index (χ1n) is 5.90. The zero-order valence-electron chi connectivity index (χ0n) is 11.2. The van der Waals surface area contributed by atoms with E-state index in [4.69, 9.17) is 27.9 Å². The highest BCUT2D eigenvalue weighted by molar-refractivity contribution is 6.42. The van der Waals surface area contributed by atoms with E-state index in [0.29, 0.717) is 16.5 Å². The largest absolute Gasteiger partial charge is 0.390 e. The van der Waals surface area contributed by atoms with Crippen LogP contribution in [0.4, 0.5) is 0 Å². The molecule has 18 heavy (non-hydrogen) atoms. The van der Waals surface area contributed by atoms with Gasteiger partial charge < -0.3 is 9.84 Å². The molecule has 0 radical (unpaired) electrons. The van der Waals surface area contributed by atoms with E-state index in [-0.39, 0.29) is 11.5 Å². The fourth-order valence-corrected chi connectivity index (χ4v) is 2.42. The molecule has 1 aromatic carbocycles. The fraction of sp³-hybridized carbons (Fsp3) is 0.571. The summed E-state index contributed by atoms with van der Waals surface area (Å²) in [5, 5.41) is 11.3. The summed E-state index contributed by atoms with van der Waals surface area (Å²) in [6.07, 6.45) is -0.314. The third-order valence-corrected chi connectivity index (χ3v) is 3.62. The molecule has 0 bridgehead atoms. The van der Waals surface area contributed by atoms with Gasteiger partial charge in [0.15, 0.2) is 0 Å². The summed E-state index contributed by atoms with van der Waals surface area (Å²) in [6, 6.07) is 5.39. The van der Waals surface area contributed by atoms with E-state index < -0.39 is 6.10 Å². The highest BCUT2D eigenvalue weighted by atomic mass is 35.5. The Morgan fingerprint density at radius 1 is 1.22 bits per heavy atom. The topological polar surface area (TPSA) is 29.5 Å². The van der Waals surface area contributed by atoms with Gasteiger partial charge in [-0.1, -0.05) is 50.0 Å². The Morgan fingerprint density at radius 2 is 1.83 bits per heavy atom. The third-order valence-electron chi connectivity index (χ3n) is 2.89. The highest BCUT2D eigenvalue weighted by Gasteiger charge is 2.31. The lowest BCUT2D eigenvalue weighted by molar-refractivity contribution is -0.0699. The van der Waals surface area contributed by atoms with E-state index in [1.165, 1.54) is 0 Å². The molecule has 0 aliphatic carbocycles. The zero-order chi connectivity index (χ0) is 13.9. The predicted octanol–water partition coefficient (Wildman–Crippen LogP) is 3.96. The molecule has 0 aliphatic heterocycles. The summed E-state index contributed by atoms with van der Waals surface area (Å²) in [7, 11) is 1.62. The van der Waals surface area contributed by atoms with Crippen LogP contribution in [0.25, 0.3) is 0 Å². The normalized spacial score (nSPS) is 15.5. The first-order valence-corrected chi connectivity index (χ1v) is 6.66. The van der Waals surface area contributed by atoms with Crippen LogP contribution in [0, 0.1) is 5.41 Å². The van der Waals surface area contributed by atoms with E-state index in [2.05, 4.69) is 0 Å². The maximum atomic E-state index is 10.3. The molecule has 0 fully saturated rings. The molecule has 0 heterocycles. The smallest absolute Gasteiger partial charge is 0.0881 e. The molecule has 0 saturated heterocycles. The van der Waals surface area contributed by atoms with Gasteiger partial charge in [-0.25, -0.2) is 0 Å². The molecule has 0 aromatic heterocycles. The van der Waals surface area contributed by atoms with Crippen LogP contribution in [0.5, 0.6) is 0 Å². The van der Waals surface area contributed by atoms with Crippen molar-refractivity contribution in [3.63, 3.8) is 0 Å². The van der Waals surface area contributed by atoms with E-state index >= 15 is 0 Å². The van der Waals surface area contributed by atoms with Gasteiger partial charge in [0.25, 0.3) is 0 Å². The molecule has 1 N–H and O–H groups in total. The van der Waals surface area contributed by atoms with Crippen LogP contribution in [0.1, 0.15) is 26.3 Å². The molecule has 2 atom stereocenters. The Hall–Kier alpha value is -0.280. The molecule has 0 aliphatic rings. The quantitative estimate of drug-likeness (QED) is 0.910. The molecule has 1 aromatic rings. The number of ether oxygens (including phenoxy) is 1. The first kappa shape index (κ1) is 15.8. The SMILES string of the molecule is COC(C(O)Cc1ccc(Cl)c(Cl)c1)C(C)(C)C. The Labute approximate surface area is 119 Å². The van der Waals surface area contributed by atoms with Gasteiger partial charge in [0.1, 0.15) is 0 Å². The molecule has 4 heteroatoms. The summed E-state index contributed by atoms with van der Waals surface area (Å²) >= 11 is 11.8. The van der Waals surface area contributed by atoms with Gasteiger partial charge in [-0.2, -0.15) is 0 Å². The third kappa shape index (κ3) is 4.13. The summed E-state index contributed by atoms with van der Waals surface area (Å²) in [4.78, 5) is 0. The van der Waals surface area contributed by atoms with Gasteiger partial charge in [0.2, 0.25) is 0 Å². The van der Waals surface area contributed by atoms with Crippen molar-refractivity contribution in [2.45, 2.75) is 39.4 Å². The van der Waals surface area contributed by atoms with Crippen LogP contribution in [0.2, 0.25) is 10.0 Å². The average molecular weight is 291 g/mol. The predicted molar refractivity (Wildman–Crippen MR) is 76.4 cm³/mol. The minimum atomic E-state index is -0.577. The molecular formula is C14H20Cl2O2. The number of hydrogen-bond acceptors (Lipinski definition) is 2. The van der Waals surface area contributed by atoms with Crippen LogP contribution < -0.4 is 0 Å². The second-order valence-electron chi connectivity index (χ2n) is 5.54. The van der Waals surface area contributed by atoms with Gasteiger partial charge >= 0.3 is 0 Å². The molecule has 0 spiro atoms. The van der Waals surface area contributed by atoms with Gasteiger partial charge in [-0.15, -0.1) is 0 Å². The van der Waals surface area contributed by atoms with Crippen molar-refractivity contribution in [1.82, 2.24) is 0 Å². The number of aliphatic hydroxyl groups is 1. The number of aliphatic hydroxyl groups excluding tert-OH is 1. The highest BCUT2D eigenvalue weighted by Crippen LogP contribution is 2.28. The van der Waals surface area contributed by atoms with Crippen LogP contribution >= 0.6 is 23.2 Å². The summed E-state index contributed by atoms with van der Waals surface area (Å²) in [5.74, 6) is 0. The second-order valence-corrected chi connectivity index (χ2v) is 6.36. The first-order chi connectivity index (χ1) is 8.25. The fourth-order valence-electron chi connectivity index (χ4n) is 2.10. The summed E-state index contributed by atoms with van der Waals surface area (Å²) in [5.41, 5.74) is 0.827. The number of rotatable bonds is 4. The summed E-state index contributed by atoms with van der Waals surface area (Å²) in [6.45, 7) is 6.12. The van der Waals surface area contributed by atoms with Crippen LogP contribution in [-0.2, 0) is 11.2 Å². The van der Waals surface area contributed by atoms with Gasteiger partial charge in [-0.3, -0.25) is 0 Å². The zero-order valence-corrected chi connectivity index (χ0v) is 12.7. The Morgan fingerprint density at radius 3 is 2.28 bits per heavy atom. The monoisotopic (exact) mass is 290 g/mol. The Balaban J connectivity index is 2.80. The maximum absolute atomic E-state index is 10.3. The molecule has 0 amide bonds. The van der Waals surface area contributed by atoms with E-state index in [0.717, 1.165) is 5.56 Å². The van der Waals surface area contributed by atoms with Gasteiger partial charge in [-0.05, 0) is 23.1 Å². The molecule has 1 rings (SSSR count). The molecule has 0 saturated carbocycles. The van der Waals surface area contributed by atoms with Crippen molar-refractivity contribution in [1.29, 1.82) is 0 Å². The van der Waals surface area contributed by atoms with Crippen LogP contribution in [0.15, 0.2) is 18.2 Å². The van der Waals surface area contributed by atoms with Crippen molar-refractivity contribution in [3.8, 4) is 0 Å². The number of hydrogen-bond donors (Lipinski definition) is 1. The van der Waals surface area contributed by atoms with Crippen LogP contribution in [-0.4, -0.2) is 24.4 Å². The second kappa shape index (κ2) is 6.25. The Bertz CT molecular complexity index is 399. The number of halogens is 2. The lowest BCUT2D eigenvalue weighted by Crippen LogP contribution is -2.40. The average Bonchev–Trinajstić information content (AvgIpc) is 2.22. The Kier molecular flexibility index (Phi) is 5.47. The standard InChI is InChI=1S/C14H20Cl2O2/c1-14(2,3)13(18-4)12(17)8-9-5-6-10(15)11(16)7-9/h5-7,12-13,17H,8H2,1-4H3. The molecule has 2 unspecified atom stereocenters. The molecular weight excluding hydrogens is 271 g/mol. The van der Waals surface area contributed by atoms with Gasteiger partial charge in [0.05, 0.1) is 22.3 Å².